The number of likely N-dealkylation sites (tertiary alicyclic amines) is 1. The molecule has 1 saturated heterocycles. The highest BCUT2D eigenvalue weighted by molar-refractivity contribution is 5.93. The van der Waals surface area contributed by atoms with E-state index in [4.69, 9.17) is 4.74 Å². The van der Waals surface area contributed by atoms with Crippen molar-refractivity contribution >= 4 is 11.7 Å². The molecule has 1 aromatic heterocycles. The average Bonchev–Trinajstić information content (AvgIpc) is 2.84. The second-order valence-corrected chi connectivity index (χ2v) is 8.47. The minimum atomic E-state index is -0.122. The van der Waals surface area contributed by atoms with Crippen LogP contribution in [0.15, 0.2) is 73.1 Å². The highest BCUT2D eigenvalue weighted by atomic mass is 16.5. The van der Waals surface area contributed by atoms with Crippen LogP contribution in [-0.4, -0.2) is 47.1 Å². The fourth-order valence-electron chi connectivity index (χ4n) is 4.92. The summed E-state index contributed by atoms with van der Waals surface area (Å²) in [5, 5.41) is 3.09. The Morgan fingerprint density at radius 1 is 1.06 bits per heavy atom. The van der Waals surface area contributed by atoms with E-state index in [9.17, 15) is 4.79 Å². The first-order valence-electron chi connectivity index (χ1n) is 11.2. The molecule has 1 atom stereocenters. The van der Waals surface area contributed by atoms with Gasteiger partial charge >= 0.3 is 6.03 Å². The maximum atomic E-state index is 13.3. The van der Waals surface area contributed by atoms with Gasteiger partial charge in [-0.1, -0.05) is 42.5 Å². The zero-order chi connectivity index (χ0) is 21.9. The third kappa shape index (κ3) is 4.06. The van der Waals surface area contributed by atoms with Gasteiger partial charge in [-0.3, -0.25) is 9.88 Å². The van der Waals surface area contributed by atoms with E-state index in [0.717, 1.165) is 55.0 Å². The lowest BCUT2D eigenvalue weighted by molar-refractivity contribution is 0.105. The standard InChI is InChI=1S/C26H28N4O2/c1-32-22-9-5-6-19(16-22)18-29-14-11-21(12-15-29)30-25(20-7-3-2-4-8-20)23-17-27-13-10-24(23)28-26(30)31/h2-10,13,16-17,21,25H,11-12,14-15,18H2,1H3,(H,28,31). The first-order chi connectivity index (χ1) is 15.7. The Kier molecular flexibility index (Phi) is 5.77. The average molecular weight is 429 g/mol. The zero-order valence-electron chi connectivity index (χ0n) is 18.3. The zero-order valence-corrected chi connectivity index (χ0v) is 18.3. The number of amides is 2. The van der Waals surface area contributed by atoms with E-state index in [1.807, 2.05) is 47.5 Å². The van der Waals surface area contributed by atoms with Crippen molar-refractivity contribution < 1.29 is 9.53 Å². The molecule has 1 N–H and O–H groups in total. The lowest BCUT2D eigenvalue weighted by atomic mass is 9.91. The number of nitrogens with zero attached hydrogens (tertiary/aromatic N) is 3. The summed E-state index contributed by atoms with van der Waals surface area (Å²) in [6.45, 7) is 2.80. The molecule has 1 unspecified atom stereocenters. The molecule has 3 heterocycles. The van der Waals surface area contributed by atoms with Crippen molar-refractivity contribution in [2.24, 2.45) is 0 Å². The number of hydrogen-bond acceptors (Lipinski definition) is 4. The summed E-state index contributed by atoms with van der Waals surface area (Å²) < 4.78 is 5.36. The van der Waals surface area contributed by atoms with Crippen LogP contribution in [0.4, 0.5) is 10.5 Å². The van der Waals surface area contributed by atoms with Crippen molar-refractivity contribution in [3.05, 3.63) is 89.7 Å². The molecule has 2 aromatic carbocycles. The van der Waals surface area contributed by atoms with Crippen LogP contribution >= 0.6 is 0 Å². The van der Waals surface area contributed by atoms with Crippen molar-refractivity contribution in [1.29, 1.82) is 0 Å². The largest absolute Gasteiger partial charge is 0.497 e. The molecule has 3 aromatic rings. The molecular weight excluding hydrogens is 400 g/mol. The lowest BCUT2D eigenvalue weighted by Crippen LogP contribution is -2.52. The van der Waals surface area contributed by atoms with E-state index >= 15 is 0 Å². The van der Waals surface area contributed by atoms with Crippen LogP contribution in [0.5, 0.6) is 5.75 Å². The fraction of sp³-hybridized carbons (Fsp3) is 0.308. The fourth-order valence-corrected chi connectivity index (χ4v) is 4.92. The summed E-state index contributed by atoms with van der Waals surface area (Å²) >= 11 is 0. The van der Waals surface area contributed by atoms with Crippen LogP contribution < -0.4 is 10.1 Å². The topological polar surface area (TPSA) is 57.7 Å². The Morgan fingerprint density at radius 3 is 2.66 bits per heavy atom. The molecule has 5 rings (SSSR count). The van der Waals surface area contributed by atoms with Gasteiger partial charge in [0.1, 0.15) is 5.75 Å². The Balaban J connectivity index is 1.35. The number of methoxy groups -OCH3 is 1. The van der Waals surface area contributed by atoms with Gasteiger partial charge in [-0.2, -0.15) is 0 Å². The van der Waals surface area contributed by atoms with Gasteiger partial charge in [-0.05, 0) is 42.2 Å². The maximum absolute atomic E-state index is 13.3. The number of fused-ring (bicyclic) bond motifs is 1. The predicted octanol–water partition coefficient (Wildman–Crippen LogP) is 4.69. The Bertz CT molecular complexity index is 1080. The lowest BCUT2D eigenvalue weighted by Gasteiger charge is -2.45. The molecule has 0 radical (unpaired) electrons. The second kappa shape index (κ2) is 9.01. The van der Waals surface area contributed by atoms with Crippen molar-refractivity contribution in [3.63, 3.8) is 0 Å². The normalized spacial score (nSPS) is 19.3. The molecular formula is C26H28N4O2. The summed E-state index contributed by atoms with van der Waals surface area (Å²) in [4.78, 5) is 22.1. The van der Waals surface area contributed by atoms with Crippen LogP contribution in [0.1, 0.15) is 35.6 Å². The quantitative estimate of drug-likeness (QED) is 0.640. The van der Waals surface area contributed by atoms with Crippen LogP contribution in [-0.2, 0) is 6.54 Å². The van der Waals surface area contributed by atoms with Gasteiger partial charge in [0.25, 0.3) is 0 Å². The van der Waals surface area contributed by atoms with Gasteiger partial charge in [0, 0.05) is 43.6 Å². The number of carbonyl (C=O) groups is 1. The molecule has 2 amide bonds. The number of aromatic nitrogens is 1. The molecule has 2 aliphatic heterocycles. The molecule has 6 nitrogen and oxygen atoms in total. The molecule has 2 aliphatic rings. The molecule has 1 fully saturated rings. The van der Waals surface area contributed by atoms with Gasteiger partial charge in [0.05, 0.1) is 18.8 Å². The third-order valence-corrected chi connectivity index (χ3v) is 6.51. The monoisotopic (exact) mass is 428 g/mol. The molecule has 0 saturated carbocycles. The van der Waals surface area contributed by atoms with E-state index in [-0.39, 0.29) is 18.1 Å². The summed E-state index contributed by atoms with van der Waals surface area (Å²) in [5.74, 6) is 0.889. The van der Waals surface area contributed by atoms with E-state index < -0.39 is 0 Å². The molecule has 0 aliphatic carbocycles. The van der Waals surface area contributed by atoms with Crippen molar-refractivity contribution in [2.45, 2.75) is 31.5 Å². The Morgan fingerprint density at radius 2 is 1.88 bits per heavy atom. The smallest absolute Gasteiger partial charge is 0.322 e. The SMILES string of the molecule is COc1cccc(CN2CCC(N3C(=O)Nc4ccncc4C3c3ccccc3)CC2)c1. The van der Waals surface area contributed by atoms with Gasteiger partial charge in [0.15, 0.2) is 0 Å². The first-order valence-corrected chi connectivity index (χ1v) is 11.2. The number of pyridine rings is 1. The van der Waals surface area contributed by atoms with E-state index in [0.29, 0.717) is 0 Å². The maximum Gasteiger partial charge on any atom is 0.322 e. The highest BCUT2D eigenvalue weighted by Gasteiger charge is 2.39. The molecule has 6 heteroatoms. The summed E-state index contributed by atoms with van der Waals surface area (Å²) in [6.07, 6.45) is 5.50. The Hall–Kier alpha value is -3.38. The van der Waals surface area contributed by atoms with Crippen molar-refractivity contribution in [2.75, 3.05) is 25.5 Å². The number of carbonyl (C=O) groups excluding carboxylic acids is 1. The van der Waals surface area contributed by atoms with Crippen LogP contribution in [0, 0.1) is 0 Å². The van der Waals surface area contributed by atoms with Crippen molar-refractivity contribution in [3.8, 4) is 5.75 Å². The van der Waals surface area contributed by atoms with E-state index in [2.05, 4.69) is 39.5 Å². The minimum Gasteiger partial charge on any atom is -0.497 e. The third-order valence-electron chi connectivity index (χ3n) is 6.51. The number of urea groups is 1. The summed E-state index contributed by atoms with van der Waals surface area (Å²) in [7, 11) is 1.70. The number of benzene rings is 2. The van der Waals surface area contributed by atoms with E-state index in [1.54, 1.807) is 13.3 Å². The number of rotatable bonds is 5. The highest BCUT2D eigenvalue weighted by Crippen LogP contribution is 2.40. The minimum absolute atomic E-state index is 0.0243. The van der Waals surface area contributed by atoms with Gasteiger partial charge in [-0.25, -0.2) is 4.79 Å². The number of nitrogens with one attached hydrogen (secondary N) is 1. The van der Waals surface area contributed by atoms with Crippen LogP contribution in [0.2, 0.25) is 0 Å². The van der Waals surface area contributed by atoms with Gasteiger partial charge < -0.3 is 15.0 Å². The van der Waals surface area contributed by atoms with E-state index in [1.165, 1.54) is 5.56 Å². The molecule has 0 bridgehead atoms. The first kappa shape index (κ1) is 20.5. The van der Waals surface area contributed by atoms with Gasteiger partial charge in [0.2, 0.25) is 0 Å². The van der Waals surface area contributed by atoms with Crippen LogP contribution in [0.3, 0.4) is 0 Å². The summed E-state index contributed by atoms with van der Waals surface area (Å²) in [6, 6.07) is 20.4. The summed E-state index contributed by atoms with van der Waals surface area (Å²) in [5.41, 5.74) is 4.28. The Labute approximate surface area is 188 Å². The van der Waals surface area contributed by atoms with Crippen LogP contribution in [0.25, 0.3) is 0 Å². The predicted molar refractivity (Wildman–Crippen MR) is 125 cm³/mol. The number of piperidine rings is 1. The number of anilines is 1. The molecule has 32 heavy (non-hydrogen) atoms. The van der Waals surface area contributed by atoms with Crippen molar-refractivity contribution in [1.82, 2.24) is 14.8 Å². The number of ether oxygens (including phenoxy) is 1. The number of hydrogen-bond donors (Lipinski definition) is 1. The second-order valence-electron chi connectivity index (χ2n) is 8.47. The molecule has 164 valence electrons. The van der Waals surface area contributed by atoms with Gasteiger partial charge in [-0.15, -0.1) is 0 Å². The molecule has 0 spiro atoms.